The van der Waals surface area contributed by atoms with Gasteiger partial charge in [0.15, 0.2) is 0 Å². The second-order valence-corrected chi connectivity index (χ2v) is 7.18. The van der Waals surface area contributed by atoms with Gasteiger partial charge in [0.2, 0.25) is 10.0 Å². The fourth-order valence-corrected chi connectivity index (χ4v) is 4.01. The third kappa shape index (κ3) is 3.04. The number of hydrogen-bond donors (Lipinski definition) is 1. The molecule has 0 amide bonds. The van der Waals surface area contributed by atoms with Crippen molar-refractivity contribution in [3.05, 3.63) is 29.3 Å². The van der Waals surface area contributed by atoms with Gasteiger partial charge in [-0.1, -0.05) is 18.8 Å². The number of benzene rings is 1. The molecule has 108 valence electrons. The number of sulfonamides is 1. The summed E-state index contributed by atoms with van der Waals surface area (Å²) in [5.41, 5.74) is 7.03. The van der Waals surface area contributed by atoms with E-state index in [1.165, 1.54) is 0 Å². The molecule has 0 saturated carbocycles. The van der Waals surface area contributed by atoms with Crippen molar-refractivity contribution >= 4 is 10.0 Å². The van der Waals surface area contributed by atoms with Crippen LogP contribution >= 0.6 is 0 Å². The molecule has 1 aliphatic rings. The second-order valence-electron chi connectivity index (χ2n) is 5.24. The molecule has 1 fully saturated rings. The Balaban J connectivity index is 2.31. The van der Waals surface area contributed by atoms with Gasteiger partial charge in [-0.25, -0.2) is 8.42 Å². The summed E-state index contributed by atoms with van der Waals surface area (Å²) in [7, 11) is -3.37. The molecule has 0 bridgehead atoms. The molecule has 1 unspecified atom stereocenters. The van der Waals surface area contributed by atoms with E-state index in [9.17, 15) is 8.42 Å². The molecule has 0 radical (unpaired) electrons. The fraction of sp³-hybridized carbons (Fsp3) is 0.467. The lowest BCUT2D eigenvalue weighted by molar-refractivity contribution is 0.464. The highest BCUT2D eigenvalue weighted by Crippen LogP contribution is 2.25. The van der Waals surface area contributed by atoms with Crippen LogP contribution in [0.3, 0.4) is 0 Å². The third-order valence-corrected chi connectivity index (χ3v) is 5.41. The Kier molecular flexibility index (Phi) is 4.48. The van der Waals surface area contributed by atoms with E-state index < -0.39 is 10.0 Å². The highest BCUT2D eigenvalue weighted by molar-refractivity contribution is 7.89. The minimum Gasteiger partial charge on any atom is -0.320 e. The second kappa shape index (κ2) is 5.96. The van der Waals surface area contributed by atoms with Gasteiger partial charge in [-0.05, 0) is 43.0 Å². The topological polar surface area (TPSA) is 63.4 Å². The van der Waals surface area contributed by atoms with E-state index in [1.807, 2.05) is 6.92 Å². The molecule has 5 heteroatoms. The van der Waals surface area contributed by atoms with Crippen LogP contribution in [0.25, 0.3) is 0 Å². The molecule has 1 aliphatic heterocycles. The summed E-state index contributed by atoms with van der Waals surface area (Å²) in [6.45, 7) is 5.46. The van der Waals surface area contributed by atoms with E-state index in [1.54, 1.807) is 22.5 Å². The van der Waals surface area contributed by atoms with Crippen LogP contribution in [0.4, 0.5) is 0 Å². The first-order valence-electron chi connectivity index (χ1n) is 6.75. The fourth-order valence-electron chi connectivity index (χ4n) is 2.35. The molecular weight excluding hydrogens is 272 g/mol. The van der Waals surface area contributed by atoms with Gasteiger partial charge in [0, 0.05) is 18.7 Å². The van der Waals surface area contributed by atoms with Crippen LogP contribution in [0.15, 0.2) is 23.1 Å². The Hall–Kier alpha value is -1.35. The largest absolute Gasteiger partial charge is 0.320 e. The maximum absolute atomic E-state index is 12.5. The quantitative estimate of drug-likeness (QED) is 0.837. The first-order chi connectivity index (χ1) is 9.45. The number of rotatable bonds is 2. The van der Waals surface area contributed by atoms with Crippen molar-refractivity contribution in [2.75, 3.05) is 19.6 Å². The molecule has 20 heavy (non-hydrogen) atoms. The predicted octanol–water partition coefficient (Wildman–Crippen LogP) is 1.34. The van der Waals surface area contributed by atoms with E-state index in [-0.39, 0.29) is 0 Å². The summed E-state index contributed by atoms with van der Waals surface area (Å²) < 4.78 is 26.6. The summed E-state index contributed by atoms with van der Waals surface area (Å²) in [6.07, 6.45) is 0.929. The summed E-state index contributed by atoms with van der Waals surface area (Å²) in [6, 6.07) is 5.08. The van der Waals surface area contributed by atoms with E-state index >= 15 is 0 Å². The van der Waals surface area contributed by atoms with E-state index in [4.69, 9.17) is 5.73 Å². The van der Waals surface area contributed by atoms with Crippen LogP contribution in [-0.2, 0) is 10.0 Å². The van der Waals surface area contributed by atoms with Crippen LogP contribution in [0, 0.1) is 24.7 Å². The standard InChI is InChI=1S/C15H20N2O2S/c1-12-7-9-17(11-12)20(18,19)15-6-5-14(4-3-8-16)13(2)10-15/h5-6,10,12H,7-9,11,16H2,1-2H3. The Morgan fingerprint density at radius 3 is 2.75 bits per heavy atom. The molecule has 0 aromatic heterocycles. The summed E-state index contributed by atoms with van der Waals surface area (Å²) >= 11 is 0. The Labute approximate surface area is 121 Å². The van der Waals surface area contributed by atoms with Crippen molar-refractivity contribution in [2.45, 2.75) is 25.2 Å². The van der Waals surface area contributed by atoms with Crippen molar-refractivity contribution in [3.8, 4) is 11.8 Å². The highest BCUT2D eigenvalue weighted by atomic mass is 32.2. The molecule has 1 atom stereocenters. The van der Waals surface area contributed by atoms with Crippen molar-refractivity contribution in [2.24, 2.45) is 11.7 Å². The van der Waals surface area contributed by atoms with Gasteiger partial charge < -0.3 is 5.73 Å². The summed E-state index contributed by atoms with van der Waals surface area (Å²) in [4.78, 5) is 0.349. The SMILES string of the molecule is Cc1cc(S(=O)(=O)N2CCC(C)C2)ccc1C#CCN. The zero-order valence-corrected chi connectivity index (χ0v) is 12.7. The maximum atomic E-state index is 12.5. The minimum atomic E-state index is -3.37. The lowest BCUT2D eigenvalue weighted by Gasteiger charge is -2.16. The number of nitrogens with two attached hydrogens (primary N) is 1. The third-order valence-electron chi connectivity index (χ3n) is 3.55. The molecular formula is C15H20N2O2S. The molecule has 1 saturated heterocycles. The van der Waals surface area contributed by atoms with Crippen LogP contribution < -0.4 is 5.73 Å². The van der Waals surface area contributed by atoms with E-state index in [2.05, 4.69) is 18.8 Å². The normalized spacial score (nSPS) is 19.6. The zero-order valence-electron chi connectivity index (χ0n) is 11.9. The van der Waals surface area contributed by atoms with Gasteiger partial charge in [-0.2, -0.15) is 4.31 Å². The molecule has 0 spiro atoms. The van der Waals surface area contributed by atoms with Crippen molar-refractivity contribution in [1.29, 1.82) is 0 Å². The lowest BCUT2D eigenvalue weighted by atomic mass is 10.1. The predicted molar refractivity (Wildman–Crippen MR) is 79.7 cm³/mol. The van der Waals surface area contributed by atoms with E-state index in [0.29, 0.717) is 30.4 Å². The van der Waals surface area contributed by atoms with Gasteiger partial charge in [-0.15, -0.1) is 0 Å². The van der Waals surface area contributed by atoms with Crippen molar-refractivity contribution in [1.82, 2.24) is 4.31 Å². The van der Waals surface area contributed by atoms with Gasteiger partial charge >= 0.3 is 0 Å². The van der Waals surface area contributed by atoms with Gasteiger partial charge in [0.25, 0.3) is 0 Å². The number of nitrogens with zero attached hydrogens (tertiary/aromatic N) is 1. The molecule has 2 rings (SSSR count). The van der Waals surface area contributed by atoms with Crippen molar-refractivity contribution in [3.63, 3.8) is 0 Å². The van der Waals surface area contributed by atoms with E-state index in [0.717, 1.165) is 17.5 Å². The number of aryl methyl sites for hydroxylation is 1. The Bertz CT molecular complexity index is 656. The number of hydrogen-bond acceptors (Lipinski definition) is 3. The first kappa shape index (κ1) is 15.0. The molecule has 2 N–H and O–H groups in total. The first-order valence-corrected chi connectivity index (χ1v) is 8.19. The molecule has 4 nitrogen and oxygen atoms in total. The van der Waals surface area contributed by atoms with Gasteiger partial charge in [-0.3, -0.25) is 0 Å². The molecule has 1 aromatic carbocycles. The minimum absolute atomic E-state index is 0.297. The van der Waals surface area contributed by atoms with Gasteiger partial charge in [0.05, 0.1) is 11.4 Å². The van der Waals surface area contributed by atoms with Gasteiger partial charge in [0.1, 0.15) is 0 Å². The monoisotopic (exact) mass is 292 g/mol. The van der Waals surface area contributed by atoms with Crippen LogP contribution in [0.2, 0.25) is 0 Å². The molecule has 0 aliphatic carbocycles. The smallest absolute Gasteiger partial charge is 0.243 e. The molecule has 1 heterocycles. The zero-order chi connectivity index (χ0) is 14.8. The summed E-state index contributed by atoms with van der Waals surface area (Å²) in [5.74, 6) is 6.16. The van der Waals surface area contributed by atoms with Crippen LogP contribution in [0.5, 0.6) is 0 Å². The Morgan fingerprint density at radius 2 is 2.20 bits per heavy atom. The summed E-state index contributed by atoms with van der Waals surface area (Å²) in [5, 5.41) is 0. The average Bonchev–Trinajstić information content (AvgIpc) is 2.84. The maximum Gasteiger partial charge on any atom is 0.243 e. The van der Waals surface area contributed by atoms with Crippen molar-refractivity contribution < 1.29 is 8.42 Å². The lowest BCUT2D eigenvalue weighted by Crippen LogP contribution is -2.28. The highest BCUT2D eigenvalue weighted by Gasteiger charge is 2.30. The van der Waals surface area contributed by atoms with Crippen LogP contribution in [-0.4, -0.2) is 32.4 Å². The molecule has 1 aromatic rings. The average molecular weight is 292 g/mol. The Morgan fingerprint density at radius 1 is 1.45 bits per heavy atom. The van der Waals surface area contributed by atoms with Crippen LogP contribution in [0.1, 0.15) is 24.5 Å².